The first-order chi connectivity index (χ1) is 11.7. The van der Waals surface area contributed by atoms with Crippen LogP contribution in [0, 0.1) is 3.57 Å². The number of esters is 1. The summed E-state index contributed by atoms with van der Waals surface area (Å²) < 4.78 is 35.1. The summed E-state index contributed by atoms with van der Waals surface area (Å²) in [7, 11) is -2.51. The monoisotopic (exact) mass is 481 g/mol. The third kappa shape index (κ3) is 4.83. The molecule has 0 saturated carbocycles. The summed E-state index contributed by atoms with van der Waals surface area (Å²) in [6.07, 6.45) is 0.307. The topological polar surface area (TPSA) is 79.0 Å². The Balaban J connectivity index is 2.03. The predicted molar refractivity (Wildman–Crippen MR) is 106 cm³/mol. The smallest absolute Gasteiger partial charge is 0.326 e. The molecule has 2 rings (SSSR count). The molecular weight excluding hydrogens is 457 g/mol. The van der Waals surface area contributed by atoms with Crippen LogP contribution in [0.15, 0.2) is 24.3 Å². The van der Waals surface area contributed by atoms with Gasteiger partial charge in [-0.3, -0.25) is 4.79 Å². The van der Waals surface area contributed by atoms with Crippen molar-refractivity contribution in [2.75, 3.05) is 38.2 Å². The molecule has 9 heteroatoms. The van der Waals surface area contributed by atoms with E-state index in [9.17, 15) is 13.2 Å². The van der Waals surface area contributed by atoms with Crippen molar-refractivity contribution in [1.82, 2.24) is 9.03 Å². The minimum atomic E-state index is -3.77. The van der Waals surface area contributed by atoms with E-state index in [2.05, 4.69) is 32.2 Å². The number of halogens is 1. The standard InChI is InChI=1S/C16H24IN3O4S/c1-4-16(2,15(21)24-3)18-25(22,23)20-11-9-19(10-12-20)14-7-5-13(17)6-8-14/h5-8,18H,4,9-12H2,1-3H3/t16-/m1/s1. The number of hydrogen-bond acceptors (Lipinski definition) is 5. The van der Waals surface area contributed by atoms with Crippen LogP contribution in [0.4, 0.5) is 5.69 Å². The molecule has 0 spiro atoms. The van der Waals surface area contributed by atoms with Crippen LogP contribution >= 0.6 is 22.6 Å². The van der Waals surface area contributed by atoms with E-state index < -0.39 is 21.7 Å². The Morgan fingerprint density at radius 3 is 2.28 bits per heavy atom. The highest BCUT2D eigenvalue weighted by Gasteiger charge is 2.39. The Labute approximate surface area is 163 Å². The molecule has 0 aromatic heterocycles. The number of piperazine rings is 1. The Kier molecular flexibility index (Phi) is 6.68. The summed E-state index contributed by atoms with van der Waals surface area (Å²) in [6, 6.07) is 8.14. The van der Waals surface area contributed by atoms with Crippen LogP contribution in [0.3, 0.4) is 0 Å². The van der Waals surface area contributed by atoms with Gasteiger partial charge in [-0.1, -0.05) is 6.92 Å². The molecular formula is C16H24IN3O4S. The minimum absolute atomic E-state index is 0.307. The third-order valence-electron chi connectivity index (χ3n) is 4.47. The van der Waals surface area contributed by atoms with E-state index in [1.54, 1.807) is 6.92 Å². The van der Waals surface area contributed by atoms with Crippen molar-refractivity contribution < 1.29 is 17.9 Å². The number of ether oxygens (including phenoxy) is 1. The lowest BCUT2D eigenvalue weighted by molar-refractivity contribution is -0.147. The zero-order chi connectivity index (χ0) is 18.7. The van der Waals surface area contributed by atoms with Crippen molar-refractivity contribution in [3.05, 3.63) is 27.8 Å². The van der Waals surface area contributed by atoms with E-state index in [1.807, 2.05) is 24.3 Å². The minimum Gasteiger partial charge on any atom is -0.468 e. The van der Waals surface area contributed by atoms with Crippen LogP contribution in [0.1, 0.15) is 20.3 Å². The third-order valence-corrected chi connectivity index (χ3v) is 6.94. The van der Waals surface area contributed by atoms with Crippen LogP contribution < -0.4 is 9.62 Å². The number of nitrogens with zero attached hydrogens (tertiary/aromatic N) is 2. The van der Waals surface area contributed by atoms with Gasteiger partial charge in [0.1, 0.15) is 5.54 Å². The number of rotatable bonds is 6. The Hall–Kier alpha value is -0.910. The molecule has 1 aromatic carbocycles. The normalized spacial score (nSPS) is 18.6. The van der Waals surface area contributed by atoms with Gasteiger partial charge in [0.05, 0.1) is 7.11 Å². The summed E-state index contributed by atoms with van der Waals surface area (Å²) in [5, 5.41) is 0. The van der Waals surface area contributed by atoms with Gasteiger partial charge in [-0.25, -0.2) is 0 Å². The Morgan fingerprint density at radius 1 is 1.24 bits per heavy atom. The molecule has 1 aliphatic rings. The average molecular weight is 481 g/mol. The zero-order valence-corrected chi connectivity index (χ0v) is 17.6. The van der Waals surface area contributed by atoms with E-state index in [4.69, 9.17) is 4.74 Å². The predicted octanol–water partition coefficient (Wildman–Crippen LogP) is 1.59. The maximum Gasteiger partial charge on any atom is 0.326 e. The number of methoxy groups -OCH3 is 1. The fourth-order valence-corrected chi connectivity index (χ4v) is 4.60. The molecule has 0 bridgehead atoms. The van der Waals surface area contributed by atoms with E-state index in [1.165, 1.54) is 18.3 Å². The lowest BCUT2D eigenvalue weighted by atomic mass is 10.0. The van der Waals surface area contributed by atoms with Crippen molar-refractivity contribution >= 4 is 44.5 Å². The number of hydrogen-bond donors (Lipinski definition) is 1. The molecule has 1 aliphatic heterocycles. The average Bonchev–Trinajstić information content (AvgIpc) is 2.61. The van der Waals surface area contributed by atoms with Gasteiger partial charge >= 0.3 is 5.97 Å². The highest BCUT2D eigenvalue weighted by atomic mass is 127. The molecule has 0 amide bonds. The van der Waals surface area contributed by atoms with Crippen LogP contribution in [-0.4, -0.2) is 57.5 Å². The maximum atomic E-state index is 12.7. The second-order valence-electron chi connectivity index (χ2n) is 6.15. The molecule has 1 saturated heterocycles. The van der Waals surface area contributed by atoms with Crippen LogP contribution in [0.25, 0.3) is 0 Å². The van der Waals surface area contributed by atoms with Crippen molar-refractivity contribution in [1.29, 1.82) is 0 Å². The molecule has 140 valence electrons. The first kappa shape index (κ1) is 20.4. The first-order valence-electron chi connectivity index (χ1n) is 8.10. The van der Waals surface area contributed by atoms with Gasteiger partial charge in [-0.2, -0.15) is 17.4 Å². The van der Waals surface area contributed by atoms with E-state index in [-0.39, 0.29) is 0 Å². The van der Waals surface area contributed by atoms with Crippen molar-refractivity contribution in [3.8, 4) is 0 Å². The number of carbonyl (C=O) groups is 1. The van der Waals surface area contributed by atoms with Crippen molar-refractivity contribution in [2.45, 2.75) is 25.8 Å². The highest BCUT2D eigenvalue weighted by Crippen LogP contribution is 2.20. The molecule has 1 atom stereocenters. The number of nitrogens with one attached hydrogen (secondary N) is 1. The summed E-state index contributed by atoms with van der Waals surface area (Å²) >= 11 is 2.25. The van der Waals surface area contributed by atoms with Crippen LogP contribution in [0.2, 0.25) is 0 Å². The van der Waals surface area contributed by atoms with Gasteiger partial charge in [-0.05, 0) is 60.2 Å². The van der Waals surface area contributed by atoms with Crippen LogP contribution in [0.5, 0.6) is 0 Å². The second kappa shape index (κ2) is 8.19. The first-order valence-corrected chi connectivity index (χ1v) is 10.6. The van der Waals surface area contributed by atoms with Crippen molar-refractivity contribution in [2.24, 2.45) is 0 Å². The molecule has 0 aliphatic carbocycles. The Morgan fingerprint density at radius 2 is 1.80 bits per heavy atom. The summed E-state index contributed by atoms with van der Waals surface area (Å²) in [6.45, 7) is 5.21. The SMILES string of the molecule is CC[C@@](C)(NS(=O)(=O)N1CCN(c2ccc(I)cc2)CC1)C(=O)OC. The molecule has 25 heavy (non-hydrogen) atoms. The lowest BCUT2D eigenvalue weighted by Gasteiger charge is -2.37. The fourth-order valence-electron chi connectivity index (χ4n) is 2.67. The quantitative estimate of drug-likeness (QED) is 0.494. The zero-order valence-electron chi connectivity index (χ0n) is 14.7. The molecule has 1 fully saturated rings. The summed E-state index contributed by atoms with van der Waals surface area (Å²) in [4.78, 5) is 14.1. The van der Waals surface area contributed by atoms with E-state index in [0.717, 1.165) is 9.26 Å². The molecule has 7 nitrogen and oxygen atoms in total. The number of benzene rings is 1. The molecule has 1 heterocycles. The highest BCUT2D eigenvalue weighted by molar-refractivity contribution is 14.1. The van der Waals surface area contributed by atoms with Gasteiger partial charge in [0, 0.05) is 35.4 Å². The summed E-state index contributed by atoms with van der Waals surface area (Å²) in [5.41, 5.74) is -0.181. The van der Waals surface area contributed by atoms with Gasteiger partial charge in [0.2, 0.25) is 0 Å². The van der Waals surface area contributed by atoms with E-state index in [0.29, 0.717) is 32.6 Å². The van der Waals surface area contributed by atoms with Crippen LogP contribution in [-0.2, 0) is 19.7 Å². The largest absolute Gasteiger partial charge is 0.468 e. The number of carbonyl (C=O) groups excluding carboxylic acids is 1. The van der Waals surface area contributed by atoms with Gasteiger partial charge in [-0.15, -0.1) is 0 Å². The van der Waals surface area contributed by atoms with Crippen molar-refractivity contribution in [3.63, 3.8) is 0 Å². The second-order valence-corrected chi connectivity index (χ2v) is 9.06. The molecule has 0 radical (unpaired) electrons. The maximum absolute atomic E-state index is 12.7. The van der Waals surface area contributed by atoms with Gasteiger partial charge in [0.25, 0.3) is 10.2 Å². The Bertz CT molecular complexity index is 703. The lowest BCUT2D eigenvalue weighted by Crippen LogP contribution is -2.59. The molecule has 1 aromatic rings. The summed E-state index contributed by atoms with van der Waals surface area (Å²) in [5.74, 6) is -0.587. The van der Waals surface area contributed by atoms with Gasteiger partial charge in [0.15, 0.2) is 0 Å². The van der Waals surface area contributed by atoms with E-state index >= 15 is 0 Å². The fraction of sp³-hybridized carbons (Fsp3) is 0.562. The molecule has 0 unspecified atom stereocenters. The molecule has 1 N–H and O–H groups in total. The van der Waals surface area contributed by atoms with Gasteiger partial charge < -0.3 is 9.64 Å². The number of anilines is 1.